The topological polar surface area (TPSA) is 12.0 Å². The number of hydrogen-bond acceptors (Lipinski definition) is 1. The molecule has 0 saturated heterocycles. The van der Waals surface area contributed by atoms with Crippen molar-refractivity contribution in [3.8, 4) is 0 Å². The molecule has 2 aliphatic rings. The molecule has 0 aromatic heterocycles. The molecule has 18 heavy (non-hydrogen) atoms. The van der Waals surface area contributed by atoms with Crippen molar-refractivity contribution in [2.24, 2.45) is 17.8 Å². The van der Waals surface area contributed by atoms with E-state index in [0.29, 0.717) is 18.8 Å². The van der Waals surface area contributed by atoms with Crippen LogP contribution >= 0.6 is 0 Å². The fraction of sp³-hybridized carbons (Fsp3) is 1.00. The summed E-state index contributed by atoms with van der Waals surface area (Å²) < 4.78 is 38.7. The molecule has 0 aromatic carbocycles. The Balaban J connectivity index is 1.82. The predicted octanol–water partition coefficient (Wildman–Crippen LogP) is 4.13. The Morgan fingerprint density at radius 3 is 2.39 bits per heavy atom. The highest BCUT2D eigenvalue weighted by molar-refractivity contribution is 4.86. The molecule has 0 amide bonds. The number of hydrogen-bond donors (Lipinski definition) is 1. The molecule has 106 valence electrons. The average molecular weight is 263 g/mol. The second-order valence-electron chi connectivity index (χ2n) is 6.23. The monoisotopic (exact) mass is 263 g/mol. The molecule has 0 aromatic rings. The molecule has 1 N–H and O–H groups in total. The Morgan fingerprint density at radius 2 is 1.78 bits per heavy atom. The standard InChI is InChI=1S/C14H24F3N/c1-10-6-7-11(8-10)9-18-13-5-3-2-4-12(13)14(15,16)17/h10-13,18H,2-9H2,1H3. The van der Waals surface area contributed by atoms with Crippen LogP contribution < -0.4 is 5.32 Å². The highest BCUT2D eigenvalue weighted by Gasteiger charge is 2.45. The first-order valence-electron chi connectivity index (χ1n) is 7.27. The fourth-order valence-electron chi connectivity index (χ4n) is 3.60. The van der Waals surface area contributed by atoms with Crippen molar-refractivity contribution in [1.29, 1.82) is 0 Å². The van der Waals surface area contributed by atoms with E-state index in [2.05, 4.69) is 12.2 Å². The van der Waals surface area contributed by atoms with Gasteiger partial charge in [0.05, 0.1) is 5.92 Å². The van der Waals surface area contributed by atoms with Crippen molar-refractivity contribution in [2.45, 2.75) is 64.1 Å². The summed E-state index contributed by atoms with van der Waals surface area (Å²) in [6, 6.07) is -0.338. The Bertz CT molecular complexity index is 264. The number of rotatable bonds is 3. The van der Waals surface area contributed by atoms with Gasteiger partial charge in [-0.05, 0) is 44.1 Å². The minimum Gasteiger partial charge on any atom is -0.313 e. The summed E-state index contributed by atoms with van der Waals surface area (Å²) in [5, 5.41) is 3.22. The molecule has 1 nitrogen and oxygen atoms in total. The normalized spacial score (nSPS) is 38.0. The van der Waals surface area contributed by atoms with Gasteiger partial charge in [0.2, 0.25) is 0 Å². The van der Waals surface area contributed by atoms with Gasteiger partial charge in [0.25, 0.3) is 0 Å². The van der Waals surface area contributed by atoms with Gasteiger partial charge in [-0.15, -0.1) is 0 Å². The average Bonchev–Trinajstić information content (AvgIpc) is 2.72. The van der Waals surface area contributed by atoms with E-state index < -0.39 is 12.1 Å². The number of alkyl halides is 3. The first kappa shape index (κ1) is 14.2. The van der Waals surface area contributed by atoms with E-state index in [1.165, 1.54) is 19.3 Å². The van der Waals surface area contributed by atoms with Gasteiger partial charge in [0.1, 0.15) is 0 Å². The van der Waals surface area contributed by atoms with Crippen molar-refractivity contribution in [3.05, 3.63) is 0 Å². The maximum absolute atomic E-state index is 12.9. The number of nitrogens with one attached hydrogen (secondary N) is 1. The van der Waals surface area contributed by atoms with E-state index in [4.69, 9.17) is 0 Å². The maximum Gasteiger partial charge on any atom is 0.393 e. The van der Waals surface area contributed by atoms with Gasteiger partial charge in [0, 0.05) is 6.04 Å². The summed E-state index contributed by atoms with van der Waals surface area (Å²) >= 11 is 0. The third-order valence-electron chi connectivity index (χ3n) is 4.66. The summed E-state index contributed by atoms with van der Waals surface area (Å²) in [6.45, 7) is 3.01. The largest absolute Gasteiger partial charge is 0.393 e. The van der Waals surface area contributed by atoms with E-state index in [0.717, 1.165) is 25.3 Å². The Hall–Kier alpha value is -0.250. The van der Waals surface area contributed by atoms with Gasteiger partial charge >= 0.3 is 6.18 Å². The number of halogens is 3. The zero-order chi connectivity index (χ0) is 13.2. The Morgan fingerprint density at radius 1 is 1.06 bits per heavy atom. The molecule has 4 atom stereocenters. The molecule has 2 rings (SSSR count). The third-order valence-corrected chi connectivity index (χ3v) is 4.66. The second-order valence-corrected chi connectivity index (χ2v) is 6.23. The van der Waals surface area contributed by atoms with Crippen LogP contribution in [0.2, 0.25) is 0 Å². The van der Waals surface area contributed by atoms with Crippen molar-refractivity contribution in [1.82, 2.24) is 5.32 Å². The lowest BCUT2D eigenvalue weighted by atomic mass is 9.83. The van der Waals surface area contributed by atoms with Crippen molar-refractivity contribution >= 4 is 0 Å². The third kappa shape index (κ3) is 3.62. The van der Waals surface area contributed by atoms with Crippen molar-refractivity contribution in [2.75, 3.05) is 6.54 Å². The van der Waals surface area contributed by atoms with Gasteiger partial charge in [-0.25, -0.2) is 0 Å². The summed E-state index contributed by atoms with van der Waals surface area (Å²) in [5.41, 5.74) is 0. The van der Waals surface area contributed by atoms with Crippen LogP contribution in [0.4, 0.5) is 13.2 Å². The summed E-state index contributed by atoms with van der Waals surface area (Å²) in [4.78, 5) is 0. The molecule has 0 spiro atoms. The summed E-state index contributed by atoms with van der Waals surface area (Å²) in [6.07, 6.45) is 2.22. The summed E-state index contributed by atoms with van der Waals surface area (Å²) in [5.74, 6) is 0.224. The molecular formula is C14H24F3N. The predicted molar refractivity (Wildman–Crippen MR) is 66.3 cm³/mol. The van der Waals surface area contributed by atoms with Gasteiger partial charge in [-0.3, -0.25) is 0 Å². The Labute approximate surface area is 108 Å². The highest BCUT2D eigenvalue weighted by Crippen LogP contribution is 2.38. The van der Waals surface area contributed by atoms with E-state index in [9.17, 15) is 13.2 Å². The maximum atomic E-state index is 12.9. The molecule has 0 bridgehead atoms. The van der Waals surface area contributed by atoms with Crippen LogP contribution in [0.15, 0.2) is 0 Å². The quantitative estimate of drug-likeness (QED) is 0.807. The molecule has 4 heteroatoms. The van der Waals surface area contributed by atoms with Gasteiger partial charge in [-0.2, -0.15) is 13.2 Å². The smallest absolute Gasteiger partial charge is 0.313 e. The minimum absolute atomic E-state index is 0.308. The molecule has 0 heterocycles. The second kappa shape index (κ2) is 5.81. The SMILES string of the molecule is CC1CCC(CNC2CCCCC2C(F)(F)F)C1. The fourth-order valence-corrected chi connectivity index (χ4v) is 3.60. The van der Waals surface area contributed by atoms with Crippen molar-refractivity contribution in [3.63, 3.8) is 0 Å². The minimum atomic E-state index is -4.03. The molecule has 2 fully saturated rings. The summed E-state index contributed by atoms with van der Waals surface area (Å²) in [7, 11) is 0. The Kier molecular flexibility index (Phi) is 4.57. The van der Waals surface area contributed by atoms with E-state index in [1.807, 2.05) is 0 Å². The molecule has 4 unspecified atom stereocenters. The van der Waals surface area contributed by atoms with Crippen LogP contribution in [0.1, 0.15) is 51.9 Å². The van der Waals surface area contributed by atoms with E-state index in [-0.39, 0.29) is 6.04 Å². The first-order valence-corrected chi connectivity index (χ1v) is 7.27. The van der Waals surface area contributed by atoms with Crippen LogP contribution in [0.25, 0.3) is 0 Å². The van der Waals surface area contributed by atoms with Crippen LogP contribution in [0, 0.1) is 17.8 Å². The van der Waals surface area contributed by atoms with Gasteiger partial charge < -0.3 is 5.32 Å². The lowest BCUT2D eigenvalue weighted by Crippen LogP contribution is -2.46. The van der Waals surface area contributed by atoms with E-state index in [1.54, 1.807) is 0 Å². The molecule has 2 saturated carbocycles. The lowest BCUT2D eigenvalue weighted by molar-refractivity contribution is -0.189. The molecular weight excluding hydrogens is 239 g/mol. The van der Waals surface area contributed by atoms with Crippen LogP contribution in [0.5, 0.6) is 0 Å². The van der Waals surface area contributed by atoms with E-state index >= 15 is 0 Å². The van der Waals surface area contributed by atoms with Gasteiger partial charge in [0.15, 0.2) is 0 Å². The van der Waals surface area contributed by atoms with Crippen LogP contribution in [-0.4, -0.2) is 18.8 Å². The van der Waals surface area contributed by atoms with Crippen LogP contribution in [-0.2, 0) is 0 Å². The first-order chi connectivity index (χ1) is 8.47. The van der Waals surface area contributed by atoms with Gasteiger partial charge in [-0.1, -0.05) is 26.2 Å². The molecule has 0 radical (unpaired) electrons. The zero-order valence-electron chi connectivity index (χ0n) is 11.1. The molecule has 0 aliphatic heterocycles. The van der Waals surface area contributed by atoms with Crippen LogP contribution in [0.3, 0.4) is 0 Å². The highest BCUT2D eigenvalue weighted by atomic mass is 19.4. The zero-order valence-corrected chi connectivity index (χ0v) is 11.1. The van der Waals surface area contributed by atoms with Crippen molar-refractivity contribution < 1.29 is 13.2 Å². The lowest BCUT2D eigenvalue weighted by Gasteiger charge is -2.34. The molecule has 2 aliphatic carbocycles.